The fourth-order valence-corrected chi connectivity index (χ4v) is 1.27. The van der Waals surface area contributed by atoms with E-state index in [0.717, 1.165) is 11.4 Å². The number of hydrogen-bond acceptors (Lipinski definition) is 1. The maximum atomic E-state index is 7.37. The Morgan fingerprint density at radius 1 is 0.929 bits per heavy atom. The smallest absolute Gasteiger partial charge is 0.0623 e. The molecule has 1 N–H and O–H groups in total. The molecule has 2 rings (SSSR count). The van der Waals surface area contributed by atoms with Gasteiger partial charge in [0, 0.05) is 11.4 Å². The van der Waals surface area contributed by atoms with Crippen molar-refractivity contribution in [2.75, 3.05) is 5.32 Å². The van der Waals surface area contributed by atoms with Crippen molar-refractivity contribution in [3.05, 3.63) is 60.1 Å². The maximum Gasteiger partial charge on any atom is 0.0623 e. The monoisotopic (exact) mass is 184 g/mol. The lowest BCUT2D eigenvalue weighted by Crippen LogP contribution is -1.88. The van der Waals surface area contributed by atoms with Gasteiger partial charge in [-0.3, -0.25) is 0 Å². The van der Waals surface area contributed by atoms with Gasteiger partial charge in [0.1, 0.15) is 0 Å². The lowest BCUT2D eigenvalue weighted by Gasteiger charge is -2.05. The first kappa shape index (κ1) is 7.63. The molecule has 0 heterocycles. The number of hydrogen-bond donors (Lipinski definition) is 1. The molecule has 14 heavy (non-hydrogen) atoms. The van der Waals surface area contributed by atoms with Crippen molar-refractivity contribution in [3.8, 4) is 0 Å². The molecule has 1 nitrogen and oxygen atoms in total. The number of benzene rings is 2. The number of para-hydroxylation sites is 1. The molecular formula is C13H13N. The first-order chi connectivity index (χ1) is 7.24. The lowest BCUT2D eigenvalue weighted by molar-refractivity contribution is 1.45. The van der Waals surface area contributed by atoms with Crippen LogP contribution >= 0.6 is 0 Å². The van der Waals surface area contributed by atoms with Crippen LogP contribution in [0.25, 0.3) is 0 Å². The van der Waals surface area contributed by atoms with Gasteiger partial charge in [-0.25, -0.2) is 0 Å². The van der Waals surface area contributed by atoms with Gasteiger partial charge < -0.3 is 5.32 Å². The Labute approximate surface area is 85.8 Å². The highest BCUT2D eigenvalue weighted by Crippen LogP contribution is 2.15. The van der Waals surface area contributed by atoms with Crippen molar-refractivity contribution < 1.29 is 1.37 Å². The minimum absolute atomic E-state index is 0.532. The minimum atomic E-state index is 0.532. The second kappa shape index (κ2) is 3.97. The molecule has 1 heteroatoms. The fraction of sp³-hybridized carbons (Fsp3) is 0.0769. The Morgan fingerprint density at radius 2 is 1.50 bits per heavy atom. The van der Waals surface area contributed by atoms with E-state index in [0.29, 0.717) is 6.04 Å². The van der Waals surface area contributed by atoms with Gasteiger partial charge in [-0.1, -0.05) is 35.9 Å². The summed E-state index contributed by atoms with van der Waals surface area (Å²) in [7, 11) is 0. The molecule has 0 radical (unpaired) electrons. The average molecular weight is 184 g/mol. The van der Waals surface area contributed by atoms with Crippen LogP contribution < -0.4 is 5.32 Å². The molecule has 2 aromatic carbocycles. The Morgan fingerprint density at radius 3 is 2.14 bits per heavy atom. The van der Waals surface area contributed by atoms with Crippen LogP contribution in [-0.2, 0) is 0 Å². The van der Waals surface area contributed by atoms with E-state index in [-0.39, 0.29) is 0 Å². The molecule has 0 saturated heterocycles. The third-order valence-corrected chi connectivity index (χ3v) is 2.06. The highest BCUT2D eigenvalue weighted by atomic mass is 14.9. The number of nitrogens with one attached hydrogen (secondary N) is 1. The second-order valence-corrected chi connectivity index (χ2v) is 3.28. The van der Waals surface area contributed by atoms with Gasteiger partial charge in [0.05, 0.1) is 1.37 Å². The first-order valence-electron chi connectivity index (χ1n) is 5.14. The summed E-state index contributed by atoms with van der Waals surface area (Å²) < 4.78 is 7.37. The summed E-state index contributed by atoms with van der Waals surface area (Å²) in [5, 5.41) is 3.28. The zero-order valence-corrected chi connectivity index (χ0v) is 8.12. The van der Waals surface area contributed by atoms with Crippen molar-refractivity contribution in [1.29, 1.82) is 0 Å². The minimum Gasteiger partial charge on any atom is -0.356 e. The molecule has 0 atom stereocenters. The summed E-state index contributed by atoms with van der Waals surface area (Å²) in [5.74, 6) is 0. The van der Waals surface area contributed by atoms with Crippen LogP contribution in [0.5, 0.6) is 0 Å². The normalized spacial score (nSPS) is 10.8. The van der Waals surface area contributed by atoms with Gasteiger partial charge in [0.15, 0.2) is 0 Å². The SMILES string of the molecule is [2H]c1ccc(Nc2ccc(C)cc2)cc1. The van der Waals surface area contributed by atoms with Crippen LogP contribution in [0.2, 0.25) is 0 Å². The van der Waals surface area contributed by atoms with Crippen molar-refractivity contribution in [3.63, 3.8) is 0 Å². The fourth-order valence-electron chi connectivity index (χ4n) is 1.27. The molecule has 0 aromatic heterocycles. The van der Waals surface area contributed by atoms with Crippen molar-refractivity contribution in [2.24, 2.45) is 0 Å². The van der Waals surface area contributed by atoms with Gasteiger partial charge in [-0.15, -0.1) is 0 Å². The largest absolute Gasteiger partial charge is 0.356 e. The van der Waals surface area contributed by atoms with Crippen LogP contribution in [0.4, 0.5) is 11.4 Å². The summed E-state index contributed by atoms with van der Waals surface area (Å²) in [6.07, 6.45) is 0. The zero-order chi connectivity index (χ0) is 10.7. The Kier molecular flexibility index (Phi) is 2.16. The summed E-state index contributed by atoms with van der Waals surface area (Å²) in [6.45, 7) is 2.07. The Hall–Kier alpha value is -1.76. The average Bonchev–Trinajstić information content (AvgIpc) is 2.25. The topological polar surface area (TPSA) is 12.0 Å². The Bertz CT molecular complexity index is 388. The highest BCUT2D eigenvalue weighted by Gasteiger charge is 1.91. The van der Waals surface area contributed by atoms with Gasteiger partial charge in [-0.2, -0.15) is 0 Å². The van der Waals surface area contributed by atoms with Crippen LogP contribution in [0.15, 0.2) is 54.6 Å². The molecule has 2 aromatic rings. The van der Waals surface area contributed by atoms with E-state index < -0.39 is 0 Å². The van der Waals surface area contributed by atoms with Crippen molar-refractivity contribution in [1.82, 2.24) is 0 Å². The van der Waals surface area contributed by atoms with Crippen molar-refractivity contribution in [2.45, 2.75) is 6.92 Å². The lowest BCUT2D eigenvalue weighted by atomic mass is 10.2. The number of anilines is 2. The van der Waals surface area contributed by atoms with Crippen molar-refractivity contribution >= 4 is 11.4 Å². The number of rotatable bonds is 2. The predicted molar refractivity (Wildman–Crippen MR) is 60.9 cm³/mol. The van der Waals surface area contributed by atoms with Crippen LogP contribution in [0.1, 0.15) is 6.93 Å². The van der Waals surface area contributed by atoms with E-state index in [1.54, 1.807) is 12.1 Å². The maximum absolute atomic E-state index is 7.37. The second-order valence-electron chi connectivity index (χ2n) is 3.28. The van der Waals surface area contributed by atoms with Crippen LogP contribution in [0.3, 0.4) is 0 Å². The van der Waals surface area contributed by atoms with E-state index in [9.17, 15) is 0 Å². The van der Waals surface area contributed by atoms with Gasteiger partial charge >= 0.3 is 0 Å². The molecule has 0 spiro atoms. The summed E-state index contributed by atoms with van der Waals surface area (Å²) >= 11 is 0. The third-order valence-electron chi connectivity index (χ3n) is 2.06. The molecule has 0 aliphatic heterocycles. The molecule has 0 aliphatic carbocycles. The summed E-state index contributed by atoms with van der Waals surface area (Å²) in [4.78, 5) is 0. The van der Waals surface area contributed by atoms with Crippen LogP contribution in [0, 0.1) is 6.92 Å². The summed E-state index contributed by atoms with van der Waals surface area (Å²) in [6, 6.07) is 16.1. The molecular weight excluding hydrogens is 170 g/mol. The van der Waals surface area contributed by atoms with Gasteiger partial charge in [-0.05, 0) is 31.2 Å². The molecule has 0 aliphatic rings. The molecule has 0 unspecified atom stereocenters. The van der Waals surface area contributed by atoms with Gasteiger partial charge in [0.25, 0.3) is 0 Å². The standard InChI is InChI=1S/C13H13N/c1-11-7-9-13(10-8-11)14-12-5-3-2-4-6-12/h2-10,14H,1H3/i2D. The molecule has 0 fully saturated rings. The van der Waals surface area contributed by atoms with Crippen LogP contribution in [-0.4, -0.2) is 0 Å². The summed E-state index contributed by atoms with van der Waals surface area (Å²) in [5.41, 5.74) is 3.33. The van der Waals surface area contributed by atoms with E-state index >= 15 is 0 Å². The third kappa shape index (κ3) is 2.13. The zero-order valence-electron chi connectivity index (χ0n) is 9.12. The quantitative estimate of drug-likeness (QED) is 0.749. The van der Waals surface area contributed by atoms with E-state index in [1.165, 1.54) is 5.56 Å². The Balaban J connectivity index is 2.15. The van der Waals surface area contributed by atoms with E-state index in [1.807, 2.05) is 24.3 Å². The predicted octanol–water partition coefficient (Wildman–Crippen LogP) is 3.74. The van der Waals surface area contributed by atoms with Gasteiger partial charge in [0.2, 0.25) is 0 Å². The number of aryl methyl sites for hydroxylation is 1. The molecule has 0 bridgehead atoms. The van der Waals surface area contributed by atoms with E-state index in [4.69, 9.17) is 1.37 Å². The first-order valence-corrected chi connectivity index (χ1v) is 4.64. The molecule has 70 valence electrons. The van der Waals surface area contributed by atoms with E-state index in [2.05, 4.69) is 24.4 Å². The highest BCUT2D eigenvalue weighted by molar-refractivity contribution is 5.59. The molecule has 0 saturated carbocycles. The molecule has 0 amide bonds.